The van der Waals surface area contributed by atoms with Crippen LogP contribution in [0.25, 0.3) is 0 Å². The zero-order valence-electron chi connectivity index (χ0n) is 10.2. The van der Waals surface area contributed by atoms with Crippen molar-refractivity contribution in [1.82, 2.24) is 4.90 Å². The molecule has 0 N–H and O–H groups in total. The van der Waals surface area contributed by atoms with Gasteiger partial charge in [-0.2, -0.15) is 0 Å². The summed E-state index contributed by atoms with van der Waals surface area (Å²) in [5, 5.41) is 0. The van der Waals surface area contributed by atoms with Gasteiger partial charge in [0.1, 0.15) is 0 Å². The maximum atomic E-state index is 2.53. The molecule has 0 radical (unpaired) electrons. The van der Waals surface area contributed by atoms with Crippen molar-refractivity contribution in [1.29, 1.82) is 0 Å². The first-order valence-electron chi connectivity index (χ1n) is 6.17. The van der Waals surface area contributed by atoms with Crippen LogP contribution in [0, 0.1) is 0 Å². The van der Waals surface area contributed by atoms with Crippen molar-refractivity contribution in [2.75, 3.05) is 19.6 Å². The van der Waals surface area contributed by atoms with E-state index in [1.807, 2.05) is 13.8 Å². The minimum Gasteiger partial charge on any atom is -0.303 e. The molecule has 1 aliphatic rings. The molecule has 0 aromatic heterocycles. The lowest BCUT2D eigenvalue weighted by Gasteiger charge is -2.12. The lowest BCUT2D eigenvalue weighted by atomic mass is 9.99. The molecule has 1 heteroatoms. The third kappa shape index (κ3) is 3.35. The van der Waals surface area contributed by atoms with Crippen LogP contribution in [0.3, 0.4) is 0 Å². The highest BCUT2D eigenvalue weighted by Gasteiger charge is 2.21. The molecular weight excluding hydrogens is 182 g/mol. The maximum absolute atomic E-state index is 2.53. The van der Waals surface area contributed by atoms with Gasteiger partial charge in [-0.05, 0) is 31.0 Å². The van der Waals surface area contributed by atoms with Crippen LogP contribution >= 0.6 is 0 Å². The van der Waals surface area contributed by atoms with Crippen LogP contribution < -0.4 is 0 Å². The Balaban J connectivity index is 0.000000531. The fourth-order valence-electron chi connectivity index (χ4n) is 2.12. The van der Waals surface area contributed by atoms with Gasteiger partial charge in [0.25, 0.3) is 0 Å². The minimum atomic E-state index is 0.779. The standard InChI is InChI=1S/C12H17N.C2H6/c1-2-13-9-8-12(10-13)11-6-4-3-5-7-11;1-2/h3-7,12H,2,8-10H2,1H3;1-2H3/t12-;/m1./s1. The van der Waals surface area contributed by atoms with E-state index in [2.05, 4.69) is 42.2 Å². The molecule has 1 heterocycles. The molecule has 0 saturated carbocycles. The topological polar surface area (TPSA) is 3.24 Å². The number of hydrogen-bond acceptors (Lipinski definition) is 1. The average Bonchev–Trinajstić information content (AvgIpc) is 2.81. The van der Waals surface area contributed by atoms with Crippen LogP contribution in [0.1, 0.15) is 38.7 Å². The Morgan fingerprint density at radius 1 is 1.20 bits per heavy atom. The molecule has 1 nitrogen and oxygen atoms in total. The van der Waals surface area contributed by atoms with Crippen molar-refractivity contribution in [2.45, 2.75) is 33.1 Å². The van der Waals surface area contributed by atoms with Crippen molar-refractivity contribution in [3.63, 3.8) is 0 Å². The summed E-state index contributed by atoms with van der Waals surface area (Å²) in [5.74, 6) is 0.779. The van der Waals surface area contributed by atoms with Crippen molar-refractivity contribution in [2.24, 2.45) is 0 Å². The molecule has 0 aliphatic carbocycles. The molecule has 0 unspecified atom stereocenters. The quantitative estimate of drug-likeness (QED) is 0.714. The summed E-state index contributed by atoms with van der Waals surface area (Å²) in [7, 11) is 0. The van der Waals surface area contributed by atoms with E-state index in [0.29, 0.717) is 0 Å². The second kappa shape index (κ2) is 6.62. The number of likely N-dealkylation sites (tertiary alicyclic amines) is 1. The first kappa shape index (κ1) is 12.3. The summed E-state index contributed by atoms with van der Waals surface area (Å²) in [4.78, 5) is 2.53. The van der Waals surface area contributed by atoms with E-state index in [4.69, 9.17) is 0 Å². The number of hydrogen-bond donors (Lipinski definition) is 0. The van der Waals surface area contributed by atoms with Crippen LogP contribution in [0.5, 0.6) is 0 Å². The number of likely N-dealkylation sites (N-methyl/N-ethyl adjacent to an activating group) is 1. The van der Waals surface area contributed by atoms with Gasteiger partial charge >= 0.3 is 0 Å². The Hall–Kier alpha value is -0.820. The van der Waals surface area contributed by atoms with Crippen molar-refractivity contribution < 1.29 is 0 Å². The Labute approximate surface area is 94.1 Å². The fraction of sp³-hybridized carbons (Fsp3) is 0.571. The van der Waals surface area contributed by atoms with Crippen LogP contribution in [0.2, 0.25) is 0 Å². The van der Waals surface area contributed by atoms with Crippen LogP contribution in [0.4, 0.5) is 0 Å². The molecule has 1 aromatic carbocycles. The Morgan fingerprint density at radius 3 is 2.40 bits per heavy atom. The van der Waals surface area contributed by atoms with Gasteiger partial charge in [-0.15, -0.1) is 0 Å². The molecule has 1 aromatic rings. The number of rotatable bonds is 2. The van der Waals surface area contributed by atoms with Gasteiger partial charge in [0.15, 0.2) is 0 Å². The molecule has 1 fully saturated rings. The number of nitrogens with zero attached hydrogens (tertiary/aromatic N) is 1. The number of benzene rings is 1. The zero-order chi connectivity index (χ0) is 11.1. The summed E-state index contributed by atoms with van der Waals surface area (Å²) >= 11 is 0. The third-order valence-corrected chi connectivity index (χ3v) is 2.99. The van der Waals surface area contributed by atoms with E-state index in [-0.39, 0.29) is 0 Å². The van der Waals surface area contributed by atoms with Crippen LogP contribution in [-0.2, 0) is 0 Å². The zero-order valence-corrected chi connectivity index (χ0v) is 10.2. The van der Waals surface area contributed by atoms with E-state index in [1.165, 1.54) is 31.6 Å². The van der Waals surface area contributed by atoms with Crippen molar-refractivity contribution >= 4 is 0 Å². The molecule has 1 atom stereocenters. The van der Waals surface area contributed by atoms with Crippen LogP contribution in [-0.4, -0.2) is 24.5 Å². The predicted octanol–water partition coefficient (Wildman–Crippen LogP) is 3.52. The summed E-state index contributed by atoms with van der Waals surface area (Å²) in [5.41, 5.74) is 1.51. The molecular formula is C14H23N. The average molecular weight is 205 g/mol. The summed E-state index contributed by atoms with van der Waals surface area (Å²) in [6.07, 6.45) is 1.33. The first-order chi connectivity index (χ1) is 7.40. The molecule has 0 spiro atoms. The lowest BCUT2D eigenvalue weighted by Crippen LogP contribution is -2.19. The monoisotopic (exact) mass is 205 g/mol. The van der Waals surface area contributed by atoms with Gasteiger partial charge in [0.2, 0.25) is 0 Å². The van der Waals surface area contributed by atoms with Crippen molar-refractivity contribution in [3.05, 3.63) is 35.9 Å². The van der Waals surface area contributed by atoms with E-state index >= 15 is 0 Å². The second-order valence-electron chi connectivity index (χ2n) is 3.79. The Kier molecular flexibility index (Phi) is 5.41. The molecule has 0 bridgehead atoms. The maximum Gasteiger partial charge on any atom is 0.00506 e. The van der Waals surface area contributed by atoms with Gasteiger partial charge in [-0.3, -0.25) is 0 Å². The van der Waals surface area contributed by atoms with Gasteiger partial charge in [-0.1, -0.05) is 51.1 Å². The normalized spacial score (nSPS) is 20.9. The highest BCUT2D eigenvalue weighted by Crippen LogP contribution is 2.26. The van der Waals surface area contributed by atoms with Gasteiger partial charge in [-0.25, -0.2) is 0 Å². The van der Waals surface area contributed by atoms with Gasteiger partial charge in [0, 0.05) is 6.54 Å². The Bertz CT molecular complexity index is 255. The molecule has 1 saturated heterocycles. The SMILES string of the molecule is CC.CCN1CC[C@@H](c2ccccc2)C1. The smallest absolute Gasteiger partial charge is 0.00506 e. The Morgan fingerprint density at radius 2 is 1.87 bits per heavy atom. The molecule has 1 aliphatic heterocycles. The summed E-state index contributed by atoms with van der Waals surface area (Å²) < 4.78 is 0. The van der Waals surface area contributed by atoms with Crippen molar-refractivity contribution in [3.8, 4) is 0 Å². The largest absolute Gasteiger partial charge is 0.303 e. The highest BCUT2D eigenvalue weighted by atomic mass is 15.1. The third-order valence-electron chi connectivity index (χ3n) is 2.99. The first-order valence-corrected chi connectivity index (χ1v) is 6.17. The fourth-order valence-corrected chi connectivity index (χ4v) is 2.12. The van der Waals surface area contributed by atoms with E-state index in [9.17, 15) is 0 Å². The summed E-state index contributed by atoms with van der Waals surface area (Å²) in [6.45, 7) is 9.97. The minimum absolute atomic E-state index is 0.779. The van der Waals surface area contributed by atoms with E-state index < -0.39 is 0 Å². The van der Waals surface area contributed by atoms with E-state index in [1.54, 1.807) is 0 Å². The highest BCUT2D eigenvalue weighted by molar-refractivity contribution is 5.20. The molecule has 2 rings (SSSR count). The van der Waals surface area contributed by atoms with Gasteiger partial charge < -0.3 is 4.90 Å². The van der Waals surface area contributed by atoms with E-state index in [0.717, 1.165) is 5.92 Å². The molecule has 84 valence electrons. The predicted molar refractivity (Wildman–Crippen MR) is 67.3 cm³/mol. The second-order valence-corrected chi connectivity index (χ2v) is 3.79. The van der Waals surface area contributed by atoms with Crippen LogP contribution in [0.15, 0.2) is 30.3 Å². The van der Waals surface area contributed by atoms with Gasteiger partial charge in [0.05, 0.1) is 0 Å². The lowest BCUT2D eigenvalue weighted by molar-refractivity contribution is 0.354. The summed E-state index contributed by atoms with van der Waals surface area (Å²) in [6, 6.07) is 10.9. The molecule has 0 amide bonds. The molecule has 15 heavy (non-hydrogen) atoms.